The van der Waals surface area contributed by atoms with Crippen LogP contribution in [0.3, 0.4) is 0 Å². The minimum absolute atomic E-state index is 0.0386. The van der Waals surface area contributed by atoms with Gasteiger partial charge < -0.3 is 10.2 Å². The third kappa shape index (κ3) is 5.90. The summed E-state index contributed by atoms with van der Waals surface area (Å²) >= 11 is 1.84. The Labute approximate surface area is 143 Å². The van der Waals surface area contributed by atoms with Gasteiger partial charge in [-0.05, 0) is 24.1 Å². The summed E-state index contributed by atoms with van der Waals surface area (Å²) in [4.78, 5) is 25.6. The summed E-state index contributed by atoms with van der Waals surface area (Å²) in [6.07, 6.45) is 1.61. The maximum Gasteiger partial charge on any atom is 0.251 e. The molecule has 2 amide bonds. The zero-order valence-electron chi connectivity index (χ0n) is 14.2. The van der Waals surface area contributed by atoms with Gasteiger partial charge in [-0.1, -0.05) is 32.9 Å². The molecule has 1 aromatic rings. The summed E-state index contributed by atoms with van der Waals surface area (Å²) in [5.74, 6) is 1.09. The lowest BCUT2D eigenvalue weighted by atomic mass is 10.1. The average Bonchev–Trinajstić information content (AvgIpc) is 2.88. The lowest BCUT2D eigenvalue weighted by Crippen LogP contribution is -2.27. The van der Waals surface area contributed by atoms with Gasteiger partial charge >= 0.3 is 0 Å². The molecule has 0 spiro atoms. The lowest BCUT2D eigenvalue weighted by molar-refractivity contribution is -0.128. The van der Waals surface area contributed by atoms with E-state index in [0.717, 1.165) is 24.3 Å². The number of rotatable bonds is 6. The van der Waals surface area contributed by atoms with Crippen molar-refractivity contribution in [2.24, 2.45) is 0 Å². The number of hydrogen-bond donors (Lipinski definition) is 1. The molecule has 0 atom stereocenters. The highest BCUT2D eigenvalue weighted by atomic mass is 32.2. The van der Waals surface area contributed by atoms with Crippen LogP contribution in [0.1, 0.15) is 49.5 Å². The smallest absolute Gasteiger partial charge is 0.251 e. The topological polar surface area (TPSA) is 49.4 Å². The molecule has 0 bridgehead atoms. The monoisotopic (exact) mass is 334 g/mol. The molecule has 1 aliphatic heterocycles. The molecule has 126 valence electrons. The number of hydrogen-bond acceptors (Lipinski definition) is 3. The lowest BCUT2D eigenvalue weighted by Gasteiger charge is -2.17. The molecule has 0 unspecified atom stereocenters. The third-order valence-electron chi connectivity index (χ3n) is 3.68. The molecule has 2 rings (SSSR count). The first-order valence-electron chi connectivity index (χ1n) is 8.14. The number of carbonyl (C=O) groups is 2. The Hall–Kier alpha value is -1.49. The van der Waals surface area contributed by atoms with Gasteiger partial charge in [0.1, 0.15) is 0 Å². The predicted molar refractivity (Wildman–Crippen MR) is 95.6 cm³/mol. The highest BCUT2D eigenvalue weighted by Gasteiger charge is 2.20. The van der Waals surface area contributed by atoms with Crippen LogP contribution in [-0.4, -0.2) is 40.3 Å². The first kappa shape index (κ1) is 17.9. The Kier molecular flexibility index (Phi) is 6.10. The molecule has 1 saturated heterocycles. The van der Waals surface area contributed by atoms with E-state index in [9.17, 15) is 9.59 Å². The molecule has 23 heavy (non-hydrogen) atoms. The van der Waals surface area contributed by atoms with Gasteiger partial charge in [0.25, 0.3) is 5.91 Å². The number of amides is 2. The summed E-state index contributed by atoms with van der Waals surface area (Å²) < 4.78 is 0.222. The van der Waals surface area contributed by atoms with Crippen molar-refractivity contribution in [3.8, 4) is 0 Å². The van der Waals surface area contributed by atoms with Crippen molar-refractivity contribution < 1.29 is 9.59 Å². The summed E-state index contributed by atoms with van der Waals surface area (Å²) in [6, 6.07) is 7.54. The van der Waals surface area contributed by atoms with Gasteiger partial charge in [-0.3, -0.25) is 9.59 Å². The molecule has 5 heteroatoms. The van der Waals surface area contributed by atoms with Crippen LogP contribution in [0, 0.1) is 0 Å². The second-order valence-electron chi connectivity index (χ2n) is 6.83. The highest BCUT2D eigenvalue weighted by Crippen LogP contribution is 2.22. The van der Waals surface area contributed by atoms with Crippen molar-refractivity contribution in [1.29, 1.82) is 0 Å². The van der Waals surface area contributed by atoms with Gasteiger partial charge in [0, 0.05) is 42.1 Å². The number of carbonyl (C=O) groups excluding carboxylic acids is 2. The van der Waals surface area contributed by atoms with Crippen LogP contribution in [0.5, 0.6) is 0 Å². The van der Waals surface area contributed by atoms with Gasteiger partial charge in [-0.25, -0.2) is 0 Å². The number of nitrogens with one attached hydrogen (secondary N) is 1. The second kappa shape index (κ2) is 7.86. The van der Waals surface area contributed by atoms with Crippen molar-refractivity contribution in [2.75, 3.05) is 18.8 Å². The highest BCUT2D eigenvalue weighted by molar-refractivity contribution is 8.00. The SMILES string of the molecule is CC(C)(C)SCCNC(=O)c1ccc(CN2CCCC2=O)cc1. The van der Waals surface area contributed by atoms with Crippen molar-refractivity contribution in [3.05, 3.63) is 35.4 Å². The Morgan fingerprint density at radius 3 is 2.52 bits per heavy atom. The number of likely N-dealkylation sites (tertiary alicyclic amines) is 1. The van der Waals surface area contributed by atoms with Crippen LogP contribution in [-0.2, 0) is 11.3 Å². The van der Waals surface area contributed by atoms with Gasteiger partial charge in [-0.2, -0.15) is 11.8 Å². The van der Waals surface area contributed by atoms with E-state index in [1.807, 2.05) is 40.9 Å². The fourth-order valence-corrected chi connectivity index (χ4v) is 3.29. The fraction of sp³-hybridized carbons (Fsp3) is 0.556. The van der Waals surface area contributed by atoms with E-state index in [1.165, 1.54) is 0 Å². The maximum atomic E-state index is 12.1. The summed E-state index contributed by atoms with van der Waals surface area (Å²) in [5, 5.41) is 2.95. The molecule has 0 saturated carbocycles. The molecule has 0 aromatic heterocycles. The summed E-state index contributed by atoms with van der Waals surface area (Å²) in [5.41, 5.74) is 1.74. The van der Waals surface area contributed by atoms with Gasteiger partial charge in [0.05, 0.1) is 0 Å². The van der Waals surface area contributed by atoms with Gasteiger partial charge in [0.2, 0.25) is 5.91 Å². The van der Waals surface area contributed by atoms with E-state index in [4.69, 9.17) is 0 Å². The predicted octanol–water partition coefficient (Wildman–Crippen LogP) is 3.07. The Morgan fingerprint density at radius 1 is 1.26 bits per heavy atom. The second-order valence-corrected chi connectivity index (χ2v) is 8.75. The van der Waals surface area contributed by atoms with E-state index in [1.54, 1.807) is 0 Å². The zero-order valence-corrected chi connectivity index (χ0v) is 15.0. The van der Waals surface area contributed by atoms with E-state index >= 15 is 0 Å². The third-order valence-corrected chi connectivity index (χ3v) is 4.96. The van der Waals surface area contributed by atoms with E-state index in [0.29, 0.717) is 25.1 Å². The largest absolute Gasteiger partial charge is 0.351 e. The van der Waals surface area contributed by atoms with Crippen molar-refractivity contribution >= 4 is 23.6 Å². The van der Waals surface area contributed by atoms with Crippen molar-refractivity contribution in [3.63, 3.8) is 0 Å². The molecule has 1 N–H and O–H groups in total. The van der Waals surface area contributed by atoms with E-state index < -0.39 is 0 Å². The maximum absolute atomic E-state index is 12.1. The molecule has 0 aliphatic carbocycles. The zero-order chi connectivity index (χ0) is 16.9. The molecule has 1 heterocycles. The van der Waals surface area contributed by atoms with Crippen molar-refractivity contribution in [1.82, 2.24) is 10.2 Å². The number of nitrogens with zero attached hydrogens (tertiary/aromatic N) is 1. The van der Waals surface area contributed by atoms with E-state index in [2.05, 4.69) is 26.1 Å². The van der Waals surface area contributed by atoms with Gasteiger partial charge in [0.15, 0.2) is 0 Å². The minimum atomic E-state index is -0.0386. The summed E-state index contributed by atoms with van der Waals surface area (Å²) in [6.45, 7) is 8.66. The molecule has 4 nitrogen and oxygen atoms in total. The summed E-state index contributed by atoms with van der Waals surface area (Å²) in [7, 11) is 0. The molecular weight excluding hydrogens is 308 g/mol. The Morgan fingerprint density at radius 2 is 1.96 bits per heavy atom. The Bertz CT molecular complexity index is 549. The van der Waals surface area contributed by atoms with E-state index in [-0.39, 0.29) is 16.6 Å². The fourth-order valence-electron chi connectivity index (χ4n) is 2.48. The molecular formula is C18H26N2O2S. The molecule has 0 radical (unpaired) electrons. The van der Waals surface area contributed by atoms with Crippen molar-refractivity contribution in [2.45, 2.75) is 44.9 Å². The quantitative estimate of drug-likeness (QED) is 0.814. The standard InChI is InChI=1S/C18H26N2O2S/c1-18(2,3)23-12-10-19-17(22)15-8-6-14(7-9-15)13-20-11-4-5-16(20)21/h6-9H,4-5,10-13H2,1-3H3,(H,19,22). The van der Waals surface area contributed by atoms with Crippen LogP contribution in [0.15, 0.2) is 24.3 Å². The number of thioether (sulfide) groups is 1. The Balaban J connectivity index is 1.79. The van der Waals surface area contributed by atoms with Crippen LogP contribution < -0.4 is 5.32 Å². The molecule has 1 aromatic carbocycles. The van der Waals surface area contributed by atoms with Crippen LogP contribution in [0.2, 0.25) is 0 Å². The minimum Gasteiger partial charge on any atom is -0.351 e. The normalized spacial score (nSPS) is 15.1. The molecule has 1 fully saturated rings. The average molecular weight is 334 g/mol. The van der Waals surface area contributed by atoms with Crippen LogP contribution in [0.4, 0.5) is 0 Å². The van der Waals surface area contributed by atoms with Crippen LogP contribution >= 0.6 is 11.8 Å². The van der Waals surface area contributed by atoms with Gasteiger partial charge in [-0.15, -0.1) is 0 Å². The molecule has 1 aliphatic rings. The number of benzene rings is 1. The van der Waals surface area contributed by atoms with Crippen LogP contribution in [0.25, 0.3) is 0 Å². The first-order valence-corrected chi connectivity index (χ1v) is 9.12. The first-order chi connectivity index (χ1) is 10.8.